The van der Waals surface area contributed by atoms with Crippen molar-refractivity contribution in [2.24, 2.45) is 40.6 Å². The molecule has 2 saturated carbocycles. The second-order valence-electron chi connectivity index (χ2n) is 6.98. The predicted octanol–water partition coefficient (Wildman–Crippen LogP) is 1.78. The molecule has 0 aromatic heterocycles. The third-order valence-electron chi connectivity index (χ3n) is 5.85. The van der Waals surface area contributed by atoms with Crippen LogP contribution in [0.4, 0.5) is 0 Å². The number of benzene rings is 1. The first-order valence-corrected chi connectivity index (χ1v) is 8.04. The van der Waals surface area contributed by atoms with Crippen LogP contribution in [-0.2, 0) is 9.59 Å². The van der Waals surface area contributed by atoms with E-state index < -0.39 is 0 Å². The molecule has 1 heterocycles. The van der Waals surface area contributed by atoms with Crippen molar-refractivity contribution in [3.8, 4) is 5.75 Å². The summed E-state index contributed by atoms with van der Waals surface area (Å²) in [6, 6.07) is 6.48. The van der Waals surface area contributed by atoms with Gasteiger partial charge in [0.05, 0.1) is 18.1 Å². The Morgan fingerprint density at radius 1 is 1.00 bits per heavy atom. The summed E-state index contributed by atoms with van der Waals surface area (Å²) in [4.78, 5) is 25.4. The number of hydrogen-bond acceptors (Lipinski definition) is 4. The van der Waals surface area contributed by atoms with Gasteiger partial charge in [0.1, 0.15) is 5.75 Å². The number of phenolic OH excluding ortho intramolecular Hbond substituents is 1. The van der Waals surface area contributed by atoms with Crippen molar-refractivity contribution in [2.45, 2.75) is 6.42 Å². The van der Waals surface area contributed by atoms with E-state index >= 15 is 0 Å². The number of aromatic hydroxyl groups is 1. The van der Waals surface area contributed by atoms with Gasteiger partial charge in [-0.2, -0.15) is 10.1 Å². The Kier molecular flexibility index (Phi) is 2.45. The Balaban J connectivity index is 1.44. The van der Waals surface area contributed by atoms with Crippen molar-refractivity contribution in [1.29, 1.82) is 0 Å². The number of nitrogens with zero attached hydrogens (tertiary/aromatic N) is 2. The normalized spacial score (nSPS) is 39.9. The minimum atomic E-state index is -0.210. The molecule has 0 unspecified atom stereocenters. The van der Waals surface area contributed by atoms with E-state index in [9.17, 15) is 14.7 Å². The van der Waals surface area contributed by atoms with Crippen LogP contribution in [0.2, 0.25) is 0 Å². The molecule has 1 N–H and O–H groups in total. The first-order valence-electron chi connectivity index (χ1n) is 8.04. The lowest BCUT2D eigenvalue weighted by Crippen LogP contribution is -2.40. The zero-order chi connectivity index (χ0) is 15.7. The highest BCUT2D eigenvalue weighted by atomic mass is 16.3. The maximum Gasteiger partial charge on any atom is 0.254 e. The fraction of sp³-hybridized carbons (Fsp3) is 0.389. The molecule has 0 radical (unpaired) electrons. The van der Waals surface area contributed by atoms with Crippen molar-refractivity contribution in [3.63, 3.8) is 0 Å². The molecule has 1 aromatic carbocycles. The summed E-state index contributed by atoms with van der Waals surface area (Å²) in [6.07, 6.45) is 6.96. The molecule has 2 bridgehead atoms. The molecule has 6 atom stereocenters. The van der Waals surface area contributed by atoms with Crippen molar-refractivity contribution >= 4 is 18.0 Å². The largest absolute Gasteiger partial charge is 0.508 e. The Bertz CT molecular complexity index is 731. The van der Waals surface area contributed by atoms with Crippen LogP contribution in [0.3, 0.4) is 0 Å². The summed E-state index contributed by atoms with van der Waals surface area (Å²) < 4.78 is 0. The highest BCUT2D eigenvalue weighted by Crippen LogP contribution is 2.65. The van der Waals surface area contributed by atoms with Crippen LogP contribution in [0.25, 0.3) is 0 Å². The number of rotatable bonds is 2. The van der Waals surface area contributed by atoms with Crippen LogP contribution < -0.4 is 0 Å². The minimum absolute atomic E-state index is 0.153. The quantitative estimate of drug-likeness (QED) is 0.514. The molecular weight excluding hydrogens is 292 g/mol. The molecule has 3 fully saturated rings. The van der Waals surface area contributed by atoms with Gasteiger partial charge in [-0.1, -0.05) is 12.2 Å². The number of amides is 2. The molecule has 6 rings (SSSR count). The lowest BCUT2D eigenvalue weighted by molar-refractivity contribution is -0.140. The summed E-state index contributed by atoms with van der Waals surface area (Å²) in [6.45, 7) is 0. The van der Waals surface area contributed by atoms with Gasteiger partial charge in [0.25, 0.3) is 11.8 Å². The van der Waals surface area contributed by atoms with Crippen molar-refractivity contribution < 1.29 is 14.7 Å². The topological polar surface area (TPSA) is 70.0 Å². The van der Waals surface area contributed by atoms with Crippen LogP contribution in [-0.4, -0.2) is 28.1 Å². The molecule has 0 spiro atoms. The van der Waals surface area contributed by atoms with Crippen molar-refractivity contribution in [2.75, 3.05) is 0 Å². The lowest BCUT2D eigenvalue weighted by atomic mass is 9.63. The van der Waals surface area contributed by atoms with Gasteiger partial charge < -0.3 is 5.11 Å². The molecule has 1 saturated heterocycles. The monoisotopic (exact) mass is 308 g/mol. The minimum Gasteiger partial charge on any atom is -0.508 e. The molecule has 23 heavy (non-hydrogen) atoms. The number of hydrazone groups is 1. The Labute approximate surface area is 133 Å². The maximum absolute atomic E-state index is 12.7. The van der Waals surface area contributed by atoms with E-state index in [1.54, 1.807) is 24.3 Å². The zero-order valence-corrected chi connectivity index (χ0v) is 12.4. The van der Waals surface area contributed by atoms with E-state index in [-0.39, 0.29) is 41.2 Å². The van der Waals surface area contributed by atoms with Gasteiger partial charge in [-0.3, -0.25) is 9.59 Å². The van der Waals surface area contributed by atoms with Crippen LogP contribution in [0.5, 0.6) is 5.75 Å². The molecule has 4 aliphatic carbocycles. The van der Waals surface area contributed by atoms with Gasteiger partial charge in [-0.25, -0.2) is 0 Å². The summed E-state index contributed by atoms with van der Waals surface area (Å²) in [7, 11) is 0. The van der Waals surface area contributed by atoms with Crippen LogP contribution in [0, 0.1) is 35.5 Å². The summed E-state index contributed by atoms with van der Waals surface area (Å²) >= 11 is 0. The van der Waals surface area contributed by atoms with Gasteiger partial charge in [0.2, 0.25) is 0 Å². The summed E-state index contributed by atoms with van der Waals surface area (Å²) in [5.74, 6) is 1.09. The highest BCUT2D eigenvalue weighted by molar-refractivity contribution is 6.06. The third-order valence-corrected chi connectivity index (χ3v) is 5.85. The molecule has 5 aliphatic rings. The number of hydrogen-bond donors (Lipinski definition) is 1. The first kappa shape index (κ1) is 13.0. The van der Waals surface area contributed by atoms with Gasteiger partial charge in [0.15, 0.2) is 0 Å². The first-order chi connectivity index (χ1) is 11.1. The number of imide groups is 1. The van der Waals surface area contributed by atoms with E-state index in [1.807, 2.05) is 0 Å². The molecular formula is C18H16N2O3. The van der Waals surface area contributed by atoms with Crippen molar-refractivity contribution in [3.05, 3.63) is 42.0 Å². The van der Waals surface area contributed by atoms with E-state index in [2.05, 4.69) is 17.3 Å². The average Bonchev–Trinajstić information content (AvgIpc) is 3.33. The molecule has 1 aromatic rings. The number of carbonyl (C=O) groups excluding carboxylic acids is 2. The van der Waals surface area contributed by atoms with Gasteiger partial charge in [-0.05, 0) is 59.9 Å². The Hall–Kier alpha value is -2.43. The SMILES string of the molecule is O=C1[C@@H]2[C@H]3C=C[C@@H]([C@@H]4C[C@H]34)[C@@H]2C(=O)N1/N=C\c1ccc(O)cc1. The molecule has 1 aliphatic heterocycles. The number of carbonyl (C=O) groups is 2. The van der Waals surface area contributed by atoms with E-state index in [0.717, 1.165) is 17.0 Å². The fourth-order valence-corrected chi connectivity index (χ4v) is 4.74. The zero-order valence-electron chi connectivity index (χ0n) is 12.4. The molecule has 5 nitrogen and oxygen atoms in total. The summed E-state index contributed by atoms with van der Waals surface area (Å²) in [5, 5.41) is 14.5. The number of phenols is 1. The molecule has 2 amide bonds. The second-order valence-corrected chi connectivity index (χ2v) is 6.98. The van der Waals surface area contributed by atoms with E-state index in [4.69, 9.17) is 0 Å². The average molecular weight is 308 g/mol. The molecule has 5 heteroatoms. The third kappa shape index (κ3) is 1.70. The van der Waals surface area contributed by atoms with Gasteiger partial charge in [-0.15, -0.1) is 0 Å². The highest BCUT2D eigenvalue weighted by Gasteiger charge is 2.67. The van der Waals surface area contributed by atoms with Crippen LogP contribution >= 0.6 is 0 Å². The van der Waals surface area contributed by atoms with Gasteiger partial charge in [0, 0.05) is 0 Å². The standard InChI is InChI=1S/C18H16N2O3/c21-10-3-1-9(2-4-10)8-19-20-17(22)15-11-5-6-12(14-7-13(11)14)16(15)18(20)23/h1-6,8,11-16,21H,7H2/b19-8-/t11-,12-,13-,14+,15-,16+/m0/s1. The van der Waals surface area contributed by atoms with E-state index in [1.165, 1.54) is 6.21 Å². The Morgan fingerprint density at radius 3 is 2.13 bits per heavy atom. The summed E-state index contributed by atoms with van der Waals surface area (Å²) in [5.41, 5.74) is 0.738. The van der Waals surface area contributed by atoms with Crippen molar-refractivity contribution in [1.82, 2.24) is 5.01 Å². The predicted molar refractivity (Wildman–Crippen MR) is 82.3 cm³/mol. The fourth-order valence-electron chi connectivity index (χ4n) is 4.74. The smallest absolute Gasteiger partial charge is 0.254 e. The second kappa shape index (κ2) is 4.31. The van der Waals surface area contributed by atoms with E-state index in [0.29, 0.717) is 11.8 Å². The molecule has 116 valence electrons. The van der Waals surface area contributed by atoms with Gasteiger partial charge >= 0.3 is 0 Å². The number of allylic oxidation sites excluding steroid dienone is 2. The van der Waals surface area contributed by atoms with Crippen LogP contribution in [0.15, 0.2) is 41.5 Å². The lowest BCUT2D eigenvalue weighted by Gasteiger charge is -2.37. The van der Waals surface area contributed by atoms with Crippen LogP contribution in [0.1, 0.15) is 12.0 Å². The Morgan fingerprint density at radius 2 is 1.57 bits per heavy atom. The maximum atomic E-state index is 12.7.